The third-order valence-electron chi connectivity index (χ3n) is 1.73. The van der Waals surface area contributed by atoms with Gasteiger partial charge in [0, 0.05) is 15.7 Å². The number of non-ortho nitro benzene ring substituents is 1. The number of halogens is 1. The SMILES string of the molecule is N#CCNC(=O)c1cc([N+](=O)[O-])ccc1I. The van der Waals surface area contributed by atoms with Gasteiger partial charge in [-0.1, -0.05) is 0 Å². The number of hydrogen-bond donors (Lipinski definition) is 1. The Labute approximate surface area is 105 Å². The Bertz CT molecular complexity index is 481. The van der Waals surface area contributed by atoms with Crippen molar-refractivity contribution in [2.75, 3.05) is 6.54 Å². The summed E-state index contributed by atoms with van der Waals surface area (Å²) in [5, 5.41) is 21.1. The van der Waals surface area contributed by atoms with Gasteiger partial charge in [0.15, 0.2) is 0 Å². The smallest absolute Gasteiger partial charge is 0.270 e. The van der Waals surface area contributed by atoms with Crippen LogP contribution in [0.5, 0.6) is 0 Å². The summed E-state index contributed by atoms with van der Waals surface area (Å²) in [4.78, 5) is 21.5. The molecule has 0 bridgehead atoms. The molecule has 1 aromatic rings. The van der Waals surface area contributed by atoms with Crippen LogP contribution in [0.4, 0.5) is 5.69 Å². The third kappa shape index (κ3) is 2.90. The van der Waals surface area contributed by atoms with E-state index in [9.17, 15) is 14.9 Å². The van der Waals surface area contributed by atoms with Crippen molar-refractivity contribution in [1.82, 2.24) is 5.32 Å². The van der Waals surface area contributed by atoms with Crippen LogP contribution in [-0.2, 0) is 0 Å². The summed E-state index contributed by atoms with van der Waals surface area (Å²) in [7, 11) is 0. The number of hydrogen-bond acceptors (Lipinski definition) is 4. The van der Waals surface area contributed by atoms with E-state index in [-0.39, 0.29) is 17.8 Å². The van der Waals surface area contributed by atoms with Gasteiger partial charge >= 0.3 is 0 Å². The summed E-state index contributed by atoms with van der Waals surface area (Å²) in [6.45, 7) is -0.127. The van der Waals surface area contributed by atoms with Gasteiger partial charge < -0.3 is 5.32 Å². The minimum Gasteiger partial charge on any atom is -0.339 e. The first-order valence-electron chi connectivity index (χ1n) is 4.15. The van der Waals surface area contributed by atoms with Gasteiger partial charge in [-0.05, 0) is 28.7 Å². The summed E-state index contributed by atoms with van der Waals surface area (Å²) >= 11 is 1.90. The van der Waals surface area contributed by atoms with Crippen LogP contribution in [0.1, 0.15) is 10.4 Å². The number of carbonyl (C=O) groups excluding carboxylic acids is 1. The number of nitro benzene ring substituents is 1. The van der Waals surface area contributed by atoms with Crippen molar-refractivity contribution in [2.24, 2.45) is 0 Å². The van der Waals surface area contributed by atoms with Crippen LogP contribution in [0.2, 0.25) is 0 Å². The van der Waals surface area contributed by atoms with E-state index < -0.39 is 10.8 Å². The lowest BCUT2D eigenvalue weighted by atomic mass is 10.2. The van der Waals surface area contributed by atoms with Gasteiger partial charge in [0.2, 0.25) is 0 Å². The van der Waals surface area contributed by atoms with Crippen LogP contribution >= 0.6 is 22.6 Å². The number of amides is 1. The van der Waals surface area contributed by atoms with Gasteiger partial charge in [-0.3, -0.25) is 14.9 Å². The fourth-order valence-corrected chi connectivity index (χ4v) is 1.60. The summed E-state index contributed by atoms with van der Waals surface area (Å²) < 4.78 is 0.596. The van der Waals surface area contributed by atoms with Crippen LogP contribution in [0.25, 0.3) is 0 Å². The van der Waals surface area contributed by atoms with E-state index in [2.05, 4.69) is 5.32 Å². The molecule has 6 nitrogen and oxygen atoms in total. The average molecular weight is 331 g/mol. The number of nitrogens with zero attached hydrogens (tertiary/aromatic N) is 2. The third-order valence-corrected chi connectivity index (χ3v) is 2.67. The number of nitrogens with one attached hydrogen (secondary N) is 1. The summed E-state index contributed by atoms with van der Waals surface area (Å²) in [6.07, 6.45) is 0. The number of benzene rings is 1. The lowest BCUT2D eigenvalue weighted by molar-refractivity contribution is -0.384. The van der Waals surface area contributed by atoms with Crippen LogP contribution in [-0.4, -0.2) is 17.4 Å². The van der Waals surface area contributed by atoms with Crippen LogP contribution in [0.15, 0.2) is 18.2 Å². The molecule has 1 amide bonds. The molecule has 0 atom stereocenters. The van der Waals surface area contributed by atoms with E-state index in [4.69, 9.17) is 5.26 Å². The maximum absolute atomic E-state index is 11.5. The highest BCUT2D eigenvalue weighted by Crippen LogP contribution is 2.19. The van der Waals surface area contributed by atoms with Gasteiger partial charge in [0.1, 0.15) is 6.54 Å². The second-order valence-corrected chi connectivity index (χ2v) is 3.92. The number of carbonyl (C=O) groups is 1. The first-order valence-corrected chi connectivity index (χ1v) is 5.23. The van der Waals surface area contributed by atoms with E-state index in [1.807, 2.05) is 22.6 Å². The van der Waals surface area contributed by atoms with E-state index >= 15 is 0 Å². The Kier molecular flexibility index (Phi) is 4.19. The highest BCUT2D eigenvalue weighted by Gasteiger charge is 2.14. The molecule has 0 saturated carbocycles. The van der Waals surface area contributed by atoms with Gasteiger partial charge in [0.25, 0.3) is 11.6 Å². The molecule has 16 heavy (non-hydrogen) atoms. The first-order chi connectivity index (χ1) is 7.56. The molecule has 0 heterocycles. The zero-order valence-corrected chi connectivity index (χ0v) is 10.1. The second-order valence-electron chi connectivity index (χ2n) is 2.76. The Morgan fingerprint density at radius 2 is 2.31 bits per heavy atom. The van der Waals surface area contributed by atoms with Crippen molar-refractivity contribution in [3.8, 4) is 6.07 Å². The molecule has 0 aromatic heterocycles. The molecule has 0 unspecified atom stereocenters. The zero-order valence-electron chi connectivity index (χ0n) is 7.94. The fourth-order valence-electron chi connectivity index (χ4n) is 1.02. The van der Waals surface area contributed by atoms with Crippen LogP contribution in [0.3, 0.4) is 0 Å². The van der Waals surface area contributed by atoms with Gasteiger partial charge in [-0.2, -0.15) is 5.26 Å². The molecule has 0 spiro atoms. The van der Waals surface area contributed by atoms with E-state index in [1.54, 1.807) is 6.07 Å². The maximum atomic E-state index is 11.5. The van der Waals surface area contributed by atoms with E-state index in [0.717, 1.165) is 0 Å². The lowest BCUT2D eigenvalue weighted by Crippen LogP contribution is -2.24. The Morgan fingerprint density at radius 1 is 1.62 bits per heavy atom. The molecule has 1 aromatic carbocycles. The van der Waals surface area contributed by atoms with E-state index in [0.29, 0.717) is 3.57 Å². The number of rotatable bonds is 3. The highest BCUT2D eigenvalue weighted by molar-refractivity contribution is 14.1. The molecular formula is C9H6IN3O3. The van der Waals surface area contributed by atoms with Crippen molar-refractivity contribution in [2.45, 2.75) is 0 Å². The molecule has 0 aliphatic carbocycles. The largest absolute Gasteiger partial charge is 0.339 e. The van der Waals surface area contributed by atoms with Gasteiger partial charge in [0.05, 0.1) is 16.6 Å². The summed E-state index contributed by atoms with van der Waals surface area (Å²) in [5.74, 6) is -0.491. The molecule has 0 fully saturated rings. The first kappa shape index (κ1) is 12.4. The van der Waals surface area contributed by atoms with Gasteiger partial charge in [-0.25, -0.2) is 0 Å². The molecular weight excluding hydrogens is 325 g/mol. The lowest BCUT2D eigenvalue weighted by Gasteiger charge is -2.03. The fraction of sp³-hybridized carbons (Fsp3) is 0.111. The monoisotopic (exact) mass is 331 g/mol. The van der Waals surface area contributed by atoms with Crippen molar-refractivity contribution >= 4 is 34.2 Å². The number of nitro groups is 1. The Hall–Kier alpha value is -1.69. The normalized spacial score (nSPS) is 9.25. The van der Waals surface area contributed by atoms with Crippen molar-refractivity contribution < 1.29 is 9.72 Å². The second kappa shape index (κ2) is 5.41. The molecule has 0 aliphatic heterocycles. The quantitative estimate of drug-likeness (QED) is 0.392. The predicted octanol–water partition coefficient (Wildman–Crippen LogP) is 1.45. The highest BCUT2D eigenvalue weighted by atomic mass is 127. The van der Waals surface area contributed by atoms with Crippen molar-refractivity contribution in [3.05, 3.63) is 37.4 Å². The Morgan fingerprint density at radius 3 is 2.88 bits per heavy atom. The van der Waals surface area contributed by atoms with Crippen LogP contribution in [0, 0.1) is 25.0 Å². The molecule has 0 saturated heterocycles. The molecule has 7 heteroatoms. The predicted molar refractivity (Wildman–Crippen MR) is 63.8 cm³/mol. The molecule has 0 radical (unpaired) electrons. The minimum absolute atomic E-state index is 0.127. The van der Waals surface area contributed by atoms with Crippen molar-refractivity contribution in [1.29, 1.82) is 5.26 Å². The van der Waals surface area contributed by atoms with Crippen LogP contribution < -0.4 is 5.32 Å². The van der Waals surface area contributed by atoms with E-state index in [1.165, 1.54) is 18.2 Å². The number of nitriles is 1. The molecule has 1 rings (SSSR count). The zero-order chi connectivity index (χ0) is 12.1. The minimum atomic E-state index is -0.572. The molecule has 1 N–H and O–H groups in total. The maximum Gasteiger partial charge on any atom is 0.270 e. The van der Waals surface area contributed by atoms with Gasteiger partial charge in [-0.15, -0.1) is 0 Å². The average Bonchev–Trinajstić information content (AvgIpc) is 2.26. The summed E-state index contributed by atoms with van der Waals surface area (Å²) in [5.41, 5.74) is 0.0487. The van der Waals surface area contributed by atoms with Crippen molar-refractivity contribution in [3.63, 3.8) is 0 Å². The standard InChI is InChI=1S/C9H6IN3O3/c10-8-2-1-6(13(15)16)5-7(8)9(14)12-4-3-11/h1-2,5H,4H2,(H,12,14). The molecule has 82 valence electrons. The molecule has 0 aliphatic rings. The Balaban J connectivity index is 3.03. The topological polar surface area (TPSA) is 96.0 Å². The summed E-state index contributed by atoms with van der Waals surface area (Å²) in [6, 6.07) is 5.75.